The van der Waals surface area contributed by atoms with Crippen molar-refractivity contribution in [3.8, 4) is 0 Å². The number of aryl methyl sites for hydroxylation is 1. The van der Waals surface area contributed by atoms with Crippen LogP contribution < -0.4 is 10.6 Å². The number of rotatable bonds is 6. The topological polar surface area (TPSA) is 70.7 Å². The lowest BCUT2D eigenvalue weighted by atomic mass is 10.1. The molecule has 142 valence electrons. The summed E-state index contributed by atoms with van der Waals surface area (Å²) in [6.45, 7) is 6.72. The molecule has 0 atom stereocenters. The van der Waals surface area contributed by atoms with Crippen LogP contribution in [0.5, 0.6) is 0 Å². The Labute approximate surface area is 159 Å². The molecule has 0 bridgehead atoms. The first-order valence-corrected chi connectivity index (χ1v) is 9.18. The molecule has 6 heteroatoms. The third-order valence-corrected chi connectivity index (χ3v) is 4.54. The zero-order chi connectivity index (χ0) is 19.1. The molecule has 0 saturated carbocycles. The number of anilines is 1. The third-order valence-electron chi connectivity index (χ3n) is 4.54. The quantitative estimate of drug-likeness (QED) is 0.822. The standard InChI is InChI=1S/C21H25N3O3/c1-16-2-4-18(5-3-16)21(26)23-19-8-6-17(7-9-19)20(25)22-10-11-24-12-14-27-15-13-24/h2-9H,10-15H2,1H3,(H,22,25)(H,23,26). The Hall–Kier alpha value is -2.70. The normalized spacial score (nSPS) is 14.6. The number of amides is 2. The number of morpholine rings is 1. The molecule has 0 aliphatic carbocycles. The first kappa shape index (κ1) is 19.1. The molecular formula is C21H25N3O3. The van der Waals surface area contributed by atoms with Crippen LogP contribution in [-0.2, 0) is 4.74 Å². The van der Waals surface area contributed by atoms with Gasteiger partial charge in [-0.3, -0.25) is 14.5 Å². The highest BCUT2D eigenvalue weighted by Gasteiger charge is 2.11. The maximum absolute atomic E-state index is 12.2. The molecule has 1 saturated heterocycles. The van der Waals surface area contributed by atoms with E-state index in [4.69, 9.17) is 4.74 Å². The summed E-state index contributed by atoms with van der Waals surface area (Å²) in [5.74, 6) is -0.280. The van der Waals surface area contributed by atoms with Crippen LogP contribution in [0.15, 0.2) is 48.5 Å². The lowest BCUT2D eigenvalue weighted by Gasteiger charge is -2.26. The summed E-state index contributed by atoms with van der Waals surface area (Å²) in [7, 11) is 0. The van der Waals surface area contributed by atoms with Crippen molar-refractivity contribution >= 4 is 17.5 Å². The van der Waals surface area contributed by atoms with Gasteiger partial charge in [-0.1, -0.05) is 17.7 Å². The van der Waals surface area contributed by atoms with Crippen molar-refractivity contribution < 1.29 is 14.3 Å². The Morgan fingerprint density at radius 1 is 0.926 bits per heavy atom. The Morgan fingerprint density at radius 2 is 1.52 bits per heavy atom. The average Bonchev–Trinajstić information content (AvgIpc) is 2.70. The van der Waals surface area contributed by atoms with E-state index < -0.39 is 0 Å². The van der Waals surface area contributed by atoms with E-state index in [-0.39, 0.29) is 11.8 Å². The molecule has 1 aliphatic rings. The molecule has 1 fully saturated rings. The van der Waals surface area contributed by atoms with Gasteiger partial charge in [0.2, 0.25) is 0 Å². The first-order valence-electron chi connectivity index (χ1n) is 9.18. The average molecular weight is 367 g/mol. The summed E-state index contributed by atoms with van der Waals surface area (Å²) in [4.78, 5) is 26.7. The second-order valence-electron chi connectivity index (χ2n) is 6.61. The fourth-order valence-corrected chi connectivity index (χ4v) is 2.87. The minimum absolute atomic E-state index is 0.111. The molecule has 0 spiro atoms. The van der Waals surface area contributed by atoms with Crippen LogP contribution in [0, 0.1) is 6.92 Å². The van der Waals surface area contributed by atoms with Gasteiger partial charge in [-0.2, -0.15) is 0 Å². The molecule has 0 radical (unpaired) electrons. The molecule has 2 aromatic rings. The number of benzene rings is 2. The van der Waals surface area contributed by atoms with E-state index in [9.17, 15) is 9.59 Å². The fraction of sp³-hybridized carbons (Fsp3) is 0.333. The van der Waals surface area contributed by atoms with Crippen LogP contribution >= 0.6 is 0 Å². The first-order chi connectivity index (χ1) is 13.1. The van der Waals surface area contributed by atoms with E-state index in [0.717, 1.165) is 38.4 Å². The summed E-state index contributed by atoms with van der Waals surface area (Å²) in [6, 6.07) is 14.3. The molecular weight excluding hydrogens is 342 g/mol. The molecule has 2 aromatic carbocycles. The highest BCUT2D eigenvalue weighted by Crippen LogP contribution is 2.12. The van der Waals surface area contributed by atoms with Gasteiger partial charge in [-0.15, -0.1) is 0 Å². The molecule has 1 aliphatic heterocycles. The van der Waals surface area contributed by atoms with Crippen LogP contribution in [-0.4, -0.2) is 56.1 Å². The molecule has 0 unspecified atom stereocenters. The largest absolute Gasteiger partial charge is 0.379 e. The maximum Gasteiger partial charge on any atom is 0.255 e. The van der Waals surface area contributed by atoms with Gasteiger partial charge < -0.3 is 15.4 Å². The number of ether oxygens (including phenoxy) is 1. The number of nitrogens with zero attached hydrogens (tertiary/aromatic N) is 1. The number of nitrogens with one attached hydrogen (secondary N) is 2. The van der Waals surface area contributed by atoms with Gasteiger partial charge in [0.15, 0.2) is 0 Å². The predicted molar refractivity (Wildman–Crippen MR) is 105 cm³/mol. The van der Waals surface area contributed by atoms with Crippen molar-refractivity contribution in [1.82, 2.24) is 10.2 Å². The number of carbonyl (C=O) groups is 2. The van der Waals surface area contributed by atoms with Crippen molar-refractivity contribution in [1.29, 1.82) is 0 Å². The van der Waals surface area contributed by atoms with Crippen molar-refractivity contribution in [2.75, 3.05) is 44.7 Å². The number of hydrogen-bond donors (Lipinski definition) is 2. The summed E-state index contributed by atoms with van der Waals surface area (Å²) in [5.41, 5.74) is 2.94. The van der Waals surface area contributed by atoms with Gasteiger partial charge in [0, 0.05) is 43.0 Å². The number of carbonyl (C=O) groups excluding carboxylic acids is 2. The van der Waals surface area contributed by atoms with Crippen molar-refractivity contribution in [2.45, 2.75) is 6.92 Å². The van der Waals surface area contributed by atoms with E-state index in [2.05, 4.69) is 15.5 Å². The van der Waals surface area contributed by atoms with Crippen molar-refractivity contribution in [2.24, 2.45) is 0 Å². The van der Waals surface area contributed by atoms with Crippen LogP contribution in [0.4, 0.5) is 5.69 Å². The summed E-state index contributed by atoms with van der Waals surface area (Å²) >= 11 is 0. The highest BCUT2D eigenvalue weighted by molar-refractivity contribution is 6.04. The third kappa shape index (κ3) is 5.64. The minimum Gasteiger partial charge on any atom is -0.379 e. The Balaban J connectivity index is 1.48. The van der Waals surface area contributed by atoms with Gasteiger partial charge in [-0.25, -0.2) is 0 Å². The Bertz CT molecular complexity index is 766. The lowest BCUT2D eigenvalue weighted by molar-refractivity contribution is 0.0383. The smallest absolute Gasteiger partial charge is 0.255 e. The van der Waals surface area contributed by atoms with Crippen molar-refractivity contribution in [3.05, 3.63) is 65.2 Å². The molecule has 2 amide bonds. The molecule has 27 heavy (non-hydrogen) atoms. The molecule has 0 aromatic heterocycles. The zero-order valence-electron chi connectivity index (χ0n) is 15.5. The van der Waals surface area contributed by atoms with E-state index in [1.165, 1.54) is 0 Å². The van der Waals surface area contributed by atoms with Gasteiger partial charge in [0.25, 0.3) is 11.8 Å². The molecule has 1 heterocycles. The second kappa shape index (κ2) is 9.30. The summed E-state index contributed by atoms with van der Waals surface area (Å²) in [6.07, 6.45) is 0. The number of hydrogen-bond acceptors (Lipinski definition) is 4. The molecule has 3 rings (SSSR count). The Morgan fingerprint density at radius 3 is 2.19 bits per heavy atom. The summed E-state index contributed by atoms with van der Waals surface area (Å²) in [5, 5.41) is 5.77. The van der Waals surface area contributed by atoms with Gasteiger partial charge in [0.1, 0.15) is 0 Å². The fourth-order valence-electron chi connectivity index (χ4n) is 2.87. The minimum atomic E-state index is -0.169. The second-order valence-corrected chi connectivity index (χ2v) is 6.61. The van der Waals surface area contributed by atoms with E-state index >= 15 is 0 Å². The van der Waals surface area contributed by atoms with E-state index in [1.807, 2.05) is 19.1 Å². The van der Waals surface area contributed by atoms with Crippen LogP contribution in [0.25, 0.3) is 0 Å². The van der Waals surface area contributed by atoms with E-state index in [1.54, 1.807) is 36.4 Å². The van der Waals surface area contributed by atoms with Gasteiger partial charge in [0.05, 0.1) is 13.2 Å². The van der Waals surface area contributed by atoms with Crippen LogP contribution in [0.3, 0.4) is 0 Å². The van der Waals surface area contributed by atoms with Gasteiger partial charge in [-0.05, 0) is 43.3 Å². The monoisotopic (exact) mass is 367 g/mol. The Kier molecular flexibility index (Phi) is 6.57. The molecule has 2 N–H and O–H groups in total. The SMILES string of the molecule is Cc1ccc(C(=O)Nc2ccc(C(=O)NCCN3CCOCC3)cc2)cc1. The highest BCUT2D eigenvalue weighted by atomic mass is 16.5. The molecule has 6 nitrogen and oxygen atoms in total. The van der Waals surface area contributed by atoms with Crippen molar-refractivity contribution in [3.63, 3.8) is 0 Å². The van der Waals surface area contributed by atoms with Crippen LogP contribution in [0.1, 0.15) is 26.3 Å². The lowest BCUT2D eigenvalue weighted by Crippen LogP contribution is -2.41. The summed E-state index contributed by atoms with van der Waals surface area (Å²) < 4.78 is 5.31. The van der Waals surface area contributed by atoms with Crippen LogP contribution in [0.2, 0.25) is 0 Å². The zero-order valence-corrected chi connectivity index (χ0v) is 15.5. The predicted octanol–water partition coefficient (Wildman–Crippen LogP) is 2.31. The van der Waals surface area contributed by atoms with E-state index in [0.29, 0.717) is 23.4 Å². The maximum atomic E-state index is 12.2. The van der Waals surface area contributed by atoms with Gasteiger partial charge >= 0.3 is 0 Å².